The zero-order chi connectivity index (χ0) is 13.2. The molecule has 1 amide bonds. The lowest BCUT2D eigenvalue weighted by atomic mass is 9.90. The summed E-state index contributed by atoms with van der Waals surface area (Å²) in [6, 6.07) is 6.06. The maximum Gasteiger partial charge on any atom is 0.261 e. The molecular formula is C14H16N4O. The van der Waals surface area contributed by atoms with Crippen molar-refractivity contribution in [2.24, 2.45) is 0 Å². The van der Waals surface area contributed by atoms with Gasteiger partial charge in [0.15, 0.2) is 0 Å². The van der Waals surface area contributed by atoms with Crippen LogP contribution in [0.25, 0.3) is 0 Å². The molecule has 1 aliphatic rings. The summed E-state index contributed by atoms with van der Waals surface area (Å²) >= 11 is 0. The van der Waals surface area contributed by atoms with Gasteiger partial charge in [-0.15, -0.1) is 0 Å². The SMILES string of the molecule is Nc1[nH]ncc1C(=O)Nc1cccc2c1CCCC2. The number of carbonyl (C=O) groups excluding carboxylic acids is 1. The second-order valence-corrected chi connectivity index (χ2v) is 4.80. The number of H-pyrrole nitrogens is 1. The molecule has 5 heteroatoms. The van der Waals surface area contributed by atoms with Gasteiger partial charge in [-0.1, -0.05) is 12.1 Å². The van der Waals surface area contributed by atoms with Gasteiger partial charge in [-0.25, -0.2) is 0 Å². The topological polar surface area (TPSA) is 83.8 Å². The van der Waals surface area contributed by atoms with Crippen LogP contribution in [0.4, 0.5) is 11.5 Å². The summed E-state index contributed by atoms with van der Waals surface area (Å²) in [6.45, 7) is 0. The van der Waals surface area contributed by atoms with Crippen molar-refractivity contribution in [3.05, 3.63) is 41.1 Å². The average molecular weight is 256 g/mol. The zero-order valence-electron chi connectivity index (χ0n) is 10.6. The van der Waals surface area contributed by atoms with Crippen molar-refractivity contribution in [1.29, 1.82) is 0 Å². The summed E-state index contributed by atoms with van der Waals surface area (Å²) in [7, 11) is 0. The molecule has 5 nitrogen and oxygen atoms in total. The van der Waals surface area contributed by atoms with E-state index in [2.05, 4.69) is 21.6 Å². The molecule has 0 saturated carbocycles. The number of nitrogens with two attached hydrogens (primary N) is 1. The first-order valence-electron chi connectivity index (χ1n) is 6.46. The van der Waals surface area contributed by atoms with Crippen LogP contribution in [0.5, 0.6) is 0 Å². The molecule has 1 aliphatic carbocycles. The number of aromatic amines is 1. The van der Waals surface area contributed by atoms with E-state index >= 15 is 0 Å². The van der Waals surface area contributed by atoms with E-state index in [1.807, 2.05) is 12.1 Å². The number of aryl methyl sites for hydroxylation is 1. The van der Waals surface area contributed by atoms with Crippen molar-refractivity contribution in [3.63, 3.8) is 0 Å². The van der Waals surface area contributed by atoms with Crippen LogP contribution in [0, 0.1) is 0 Å². The highest BCUT2D eigenvalue weighted by Gasteiger charge is 2.16. The third-order valence-corrected chi connectivity index (χ3v) is 3.56. The Labute approximate surface area is 111 Å². The molecule has 0 radical (unpaired) electrons. The van der Waals surface area contributed by atoms with Gasteiger partial charge in [0.2, 0.25) is 0 Å². The summed E-state index contributed by atoms with van der Waals surface area (Å²) < 4.78 is 0. The van der Waals surface area contributed by atoms with E-state index in [4.69, 9.17) is 5.73 Å². The van der Waals surface area contributed by atoms with Crippen molar-refractivity contribution in [1.82, 2.24) is 10.2 Å². The lowest BCUT2D eigenvalue weighted by Gasteiger charge is -2.19. The van der Waals surface area contributed by atoms with Crippen LogP contribution in [-0.4, -0.2) is 16.1 Å². The van der Waals surface area contributed by atoms with Crippen molar-refractivity contribution in [2.75, 3.05) is 11.1 Å². The van der Waals surface area contributed by atoms with E-state index in [1.54, 1.807) is 0 Å². The molecule has 0 bridgehead atoms. The first-order valence-corrected chi connectivity index (χ1v) is 6.46. The molecule has 1 aromatic heterocycles. The van der Waals surface area contributed by atoms with Gasteiger partial charge in [0.1, 0.15) is 11.4 Å². The first-order chi connectivity index (χ1) is 9.25. The normalized spacial score (nSPS) is 13.9. The number of anilines is 2. The van der Waals surface area contributed by atoms with Crippen LogP contribution in [-0.2, 0) is 12.8 Å². The smallest absolute Gasteiger partial charge is 0.261 e. The molecule has 0 spiro atoms. The Morgan fingerprint density at radius 2 is 2.16 bits per heavy atom. The number of amides is 1. The lowest BCUT2D eigenvalue weighted by molar-refractivity contribution is 0.102. The number of hydrogen-bond acceptors (Lipinski definition) is 3. The Morgan fingerprint density at radius 3 is 2.95 bits per heavy atom. The quantitative estimate of drug-likeness (QED) is 0.769. The Kier molecular flexibility index (Phi) is 2.95. The molecule has 1 aromatic carbocycles. The van der Waals surface area contributed by atoms with Gasteiger partial charge in [-0.3, -0.25) is 9.89 Å². The fraction of sp³-hybridized carbons (Fsp3) is 0.286. The second-order valence-electron chi connectivity index (χ2n) is 4.80. The van der Waals surface area contributed by atoms with E-state index < -0.39 is 0 Å². The minimum Gasteiger partial charge on any atom is -0.383 e. The number of fused-ring (bicyclic) bond motifs is 1. The molecule has 1 heterocycles. The Hall–Kier alpha value is -2.30. The number of nitrogens with zero attached hydrogens (tertiary/aromatic N) is 1. The molecule has 0 atom stereocenters. The molecule has 0 saturated heterocycles. The number of nitrogen functional groups attached to an aromatic ring is 1. The highest BCUT2D eigenvalue weighted by atomic mass is 16.1. The Bertz CT molecular complexity index is 618. The molecule has 0 aliphatic heterocycles. The van der Waals surface area contributed by atoms with Gasteiger partial charge in [-0.05, 0) is 42.9 Å². The van der Waals surface area contributed by atoms with Crippen LogP contribution < -0.4 is 11.1 Å². The largest absolute Gasteiger partial charge is 0.383 e. The summed E-state index contributed by atoms with van der Waals surface area (Å²) in [5.41, 5.74) is 9.52. The summed E-state index contributed by atoms with van der Waals surface area (Å²) in [4.78, 5) is 12.1. The minimum atomic E-state index is -0.217. The van der Waals surface area contributed by atoms with Gasteiger partial charge in [-0.2, -0.15) is 5.10 Å². The molecule has 0 unspecified atom stereocenters. The Balaban J connectivity index is 1.88. The van der Waals surface area contributed by atoms with Gasteiger partial charge in [0, 0.05) is 5.69 Å². The lowest BCUT2D eigenvalue weighted by Crippen LogP contribution is -2.16. The fourth-order valence-corrected chi connectivity index (χ4v) is 2.57. The van der Waals surface area contributed by atoms with E-state index in [-0.39, 0.29) is 5.91 Å². The maximum absolute atomic E-state index is 12.1. The van der Waals surface area contributed by atoms with E-state index in [1.165, 1.54) is 30.2 Å². The summed E-state index contributed by atoms with van der Waals surface area (Å²) in [5, 5.41) is 9.26. The maximum atomic E-state index is 12.1. The fourth-order valence-electron chi connectivity index (χ4n) is 2.57. The van der Waals surface area contributed by atoms with Crippen LogP contribution in [0.2, 0.25) is 0 Å². The van der Waals surface area contributed by atoms with Crippen molar-refractivity contribution < 1.29 is 4.79 Å². The van der Waals surface area contributed by atoms with Crippen molar-refractivity contribution >= 4 is 17.4 Å². The number of nitrogens with one attached hydrogen (secondary N) is 2. The molecule has 4 N–H and O–H groups in total. The second kappa shape index (κ2) is 4.76. The third kappa shape index (κ3) is 2.19. The van der Waals surface area contributed by atoms with Crippen LogP contribution in [0.1, 0.15) is 34.3 Å². The first kappa shape index (κ1) is 11.8. The van der Waals surface area contributed by atoms with Crippen LogP contribution in [0.3, 0.4) is 0 Å². The third-order valence-electron chi connectivity index (χ3n) is 3.56. The number of aromatic nitrogens is 2. The Morgan fingerprint density at radius 1 is 1.32 bits per heavy atom. The number of carbonyl (C=O) groups is 1. The average Bonchev–Trinajstić information content (AvgIpc) is 2.85. The van der Waals surface area contributed by atoms with E-state index in [9.17, 15) is 4.79 Å². The van der Waals surface area contributed by atoms with Crippen molar-refractivity contribution in [3.8, 4) is 0 Å². The van der Waals surface area contributed by atoms with Gasteiger partial charge >= 0.3 is 0 Å². The van der Waals surface area contributed by atoms with Gasteiger partial charge < -0.3 is 11.1 Å². The number of rotatable bonds is 2. The standard InChI is InChI=1S/C14H16N4O/c15-13-11(8-16-18-13)14(19)17-12-7-3-5-9-4-1-2-6-10(9)12/h3,5,7-8H,1-2,4,6H2,(H,17,19)(H3,15,16,18). The number of benzene rings is 1. The molecule has 3 rings (SSSR count). The molecule has 98 valence electrons. The van der Waals surface area contributed by atoms with Gasteiger partial charge in [0.25, 0.3) is 5.91 Å². The summed E-state index contributed by atoms with van der Waals surface area (Å²) in [6.07, 6.45) is 5.95. The molecule has 2 aromatic rings. The van der Waals surface area contributed by atoms with Crippen LogP contribution >= 0.6 is 0 Å². The minimum absolute atomic E-state index is 0.217. The predicted molar refractivity (Wildman–Crippen MR) is 74.0 cm³/mol. The molecule has 19 heavy (non-hydrogen) atoms. The van der Waals surface area contributed by atoms with Crippen LogP contribution in [0.15, 0.2) is 24.4 Å². The zero-order valence-corrected chi connectivity index (χ0v) is 10.6. The monoisotopic (exact) mass is 256 g/mol. The molecular weight excluding hydrogens is 240 g/mol. The summed E-state index contributed by atoms with van der Waals surface area (Å²) in [5.74, 6) is 0.0764. The highest BCUT2D eigenvalue weighted by molar-refractivity contribution is 6.07. The van der Waals surface area contributed by atoms with Crippen molar-refractivity contribution in [2.45, 2.75) is 25.7 Å². The molecule has 0 fully saturated rings. The highest BCUT2D eigenvalue weighted by Crippen LogP contribution is 2.28. The number of hydrogen-bond donors (Lipinski definition) is 3. The van der Waals surface area contributed by atoms with E-state index in [0.717, 1.165) is 18.5 Å². The van der Waals surface area contributed by atoms with E-state index in [0.29, 0.717) is 11.4 Å². The predicted octanol–water partition coefficient (Wildman–Crippen LogP) is 2.12. The van der Waals surface area contributed by atoms with Gasteiger partial charge in [0.05, 0.1) is 6.20 Å².